The van der Waals surface area contributed by atoms with Crippen LogP contribution in [-0.4, -0.2) is 27.2 Å². The van der Waals surface area contributed by atoms with Crippen molar-refractivity contribution in [2.45, 2.75) is 45.1 Å². The molecule has 0 heterocycles. The highest BCUT2D eigenvalue weighted by Crippen LogP contribution is 2.38. The molecular formula is C23H29NO4. The summed E-state index contributed by atoms with van der Waals surface area (Å²) < 4.78 is 16.1. The third-order valence-electron chi connectivity index (χ3n) is 5.34. The molecule has 5 nitrogen and oxygen atoms in total. The molecule has 0 saturated heterocycles. The van der Waals surface area contributed by atoms with E-state index in [2.05, 4.69) is 23.5 Å². The van der Waals surface area contributed by atoms with E-state index in [1.54, 1.807) is 21.3 Å². The lowest BCUT2D eigenvalue weighted by atomic mass is 9.89. The summed E-state index contributed by atoms with van der Waals surface area (Å²) in [5.41, 5.74) is 4.84. The zero-order chi connectivity index (χ0) is 20.1. The maximum absolute atomic E-state index is 12.6. The largest absolute Gasteiger partial charge is 0.493 e. The number of ether oxygens (including phenoxy) is 3. The second-order valence-electron chi connectivity index (χ2n) is 7.23. The smallest absolute Gasteiger partial charge is 0.224 e. The van der Waals surface area contributed by atoms with Gasteiger partial charge in [0.1, 0.15) is 0 Å². The second-order valence-corrected chi connectivity index (χ2v) is 7.23. The Balaban J connectivity index is 1.70. The number of fused-ring (bicyclic) bond motifs is 1. The van der Waals surface area contributed by atoms with Crippen LogP contribution in [0.5, 0.6) is 17.2 Å². The molecule has 150 valence electrons. The lowest BCUT2D eigenvalue weighted by Crippen LogP contribution is -2.28. The minimum absolute atomic E-state index is 0.0400. The topological polar surface area (TPSA) is 56.8 Å². The number of nitrogens with one attached hydrogen (secondary N) is 1. The first-order valence-electron chi connectivity index (χ1n) is 9.75. The third-order valence-corrected chi connectivity index (χ3v) is 5.34. The normalized spacial score (nSPS) is 14.0. The average molecular weight is 383 g/mol. The highest BCUT2D eigenvalue weighted by molar-refractivity contribution is 5.79. The van der Waals surface area contributed by atoms with Gasteiger partial charge in [0, 0.05) is 0 Å². The quantitative estimate of drug-likeness (QED) is 0.785. The first-order chi connectivity index (χ1) is 13.5. The fraction of sp³-hybridized carbons (Fsp3) is 0.435. The van der Waals surface area contributed by atoms with Crippen molar-refractivity contribution in [2.24, 2.45) is 0 Å². The Bertz CT molecular complexity index is 821. The lowest BCUT2D eigenvalue weighted by molar-refractivity contribution is -0.121. The van der Waals surface area contributed by atoms with Crippen LogP contribution >= 0.6 is 0 Å². The number of methoxy groups -OCH3 is 3. The van der Waals surface area contributed by atoms with Crippen molar-refractivity contribution in [3.05, 3.63) is 52.6 Å². The van der Waals surface area contributed by atoms with E-state index in [4.69, 9.17) is 14.2 Å². The van der Waals surface area contributed by atoms with Crippen molar-refractivity contribution in [3.8, 4) is 17.2 Å². The van der Waals surface area contributed by atoms with E-state index >= 15 is 0 Å². The third kappa shape index (κ3) is 4.41. The molecule has 1 aliphatic rings. The number of hydrogen-bond acceptors (Lipinski definition) is 4. The van der Waals surface area contributed by atoms with Crippen molar-refractivity contribution in [1.82, 2.24) is 5.32 Å². The first kappa shape index (κ1) is 20.1. The molecule has 1 atom stereocenters. The van der Waals surface area contributed by atoms with E-state index < -0.39 is 0 Å². The molecule has 1 aliphatic carbocycles. The van der Waals surface area contributed by atoms with Crippen LogP contribution in [-0.2, 0) is 24.1 Å². The summed E-state index contributed by atoms with van der Waals surface area (Å²) in [7, 11) is 4.70. The van der Waals surface area contributed by atoms with E-state index in [1.807, 2.05) is 19.1 Å². The molecule has 0 radical (unpaired) electrons. The van der Waals surface area contributed by atoms with Gasteiger partial charge in [-0.05, 0) is 67.0 Å². The molecule has 2 aromatic carbocycles. The molecule has 1 N–H and O–H groups in total. The van der Waals surface area contributed by atoms with Crippen molar-refractivity contribution < 1.29 is 19.0 Å². The van der Waals surface area contributed by atoms with E-state index in [9.17, 15) is 4.79 Å². The number of benzene rings is 2. The molecule has 0 fully saturated rings. The van der Waals surface area contributed by atoms with Gasteiger partial charge in [-0.15, -0.1) is 0 Å². The van der Waals surface area contributed by atoms with E-state index in [0.29, 0.717) is 17.2 Å². The molecule has 3 rings (SSSR count). The van der Waals surface area contributed by atoms with Crippen LogP contribution in [0, 0.1) is 0 Å². The summed E-state index contributed by atoms with van der Waals surface area (Å²) in [6.07, 6.45) is 5.06. The molecule has 0 aliphatic heterocycles. The van der Waals surface area contributed by atoms with E-state index in [1.165, 1.54) is 24.0 Å². The average Bonchev–Trinajstić information content (AvgIpc) is 2.72. The summed E-state index contributed by atoms with van der Waals surface area (Å²) in [6, 6.07) is 10.2. The standard InChI is InChI=1S/C23H29NO4/c1-15(18-10-9-17-7-5-6-8-19(17)14-18)24-22(25)13-16-11-20(26-2)23(28-4)21(12-16)27-3/h9-12,14-15H,5-8,13H2,1-4H3,(H,24,25). The SMILES string of the molecule is COc1cc(CC(=O)NC(C)c2ccc3c(c2)CCCC3)cc(OC)c1OC. The van der Waals surface area contributed by atoms with Crippen molar-refractivity contribution in [1.29, 1.82) is 0 Å². The minimum Gasteiger partial charge on any atom is -0.493 e. The highest BCUT2D eigenvalue weighted by atomic mass is 16.5. The Morgan fingerprint density at radius 2 is 1.61 bits per heavy atom. The van der Waals surface area contributed by atoms with Gasteiger partial charge in [0.15, 0.2) is 11.5 Å². The van der Waals surface area contributed by atoms with Crippen molar-refractivity contribution in [2.75, 3.05) is 21.3 Å². The molecule has 2 aromatic rings. The number of rotatable bonds is 7. The first-order valence-corrected chi connectivity index (χ1v) is 9.75. The van der Waals surface area contributed by atoms with Gasteiger partial charge in [0.2, 0.25) is 11.7 Å². The molecule has 0 aromatic heterocycles. The van der Waals surface area contributed by atoms with Crippen LogP contribution in [0.25, 0.3) is 0 Å². The maximum Gasteiger partial charge on any atom is 0.224 e. The zero-order valence-corrected chi connectivity index (χ0v) is 17.1. The maximum atomic E-state index is 12.6. The molecule has 1 amide bonds. The van der Waals surface area contributed by atoms with Crippen LogP contribution in [0.15, 0.2) is 30.3 Å². The Kier molecular flexibility index (Phi) is 6.45. The van der Waals surface area contributed by atoms with Gasteiger partial charge in [-0.3, -0.25) is 4.79 Å². The highest BCUT2D eigenvalue weighted by Gasteiger charge is 2.17. The monoisotopic (exact) mass is 383 g/mol. The molecule has 5 heteroatoms. The van der Waals surface area contributed by atoms with Gasteiger partial charge in [-0.1, -0.05) is 18.2 Å². The van der Waals surface area contributed by atoms with Crippen LogP contribution < -0.4 is 19.5 Å². The fourth-order valence-electron chi connectivity index (χ4n) is 3.82. The van der Waals surface area contributed by atoms with Crippen molar-refractivity contribution in [3.63, 3.8) is 0 Å². The molecule has 0 saturated carbocycles. The van der Waals surface area contributed by atoms with E-state index in [0.717, 1.165) is 24.0 Å². The molecule has 0 bridgehead atoms. The Morgan fingerprint density at radius 3 is 2.21 bits per heavy atom. The number of hydrogen-bond donors (Lipinski definition) is 1. The van der Waals surface area contributed by atoms with E-state index in [-0.39, 0.29) is 18.4 Å². The van der Waals surface area contributed by atoms with Gasteiger partial charge in [0.25, 0.3) is 0 Å². The number of carbonyl (C=O) groups excluding carboxylic acids is 1. The summed E-state index contributed by atoms with van der Waals surface area (Å²) in [5, 5.41) is 3.10. The lowest BCUT2D eigenvalue weighted by Gasteiger charge is -2.20. The van der Waals surface area contributed by atoms with Gasteiger partial charge >= 0.3 is 0 Å². The van der Waals surface area contributed by atoms with Gasteiger partial charge < -0.3 is 19.5 Å². The number of aryl methyl sites for hydroxylation is 2. The molecule has 28 heavy (non-hydrogen) atoms. The van der Waals surface area contributed by atoms with Crippen LogP contribution in [0.2, 0.25) is 0 Å². The molecule has 1 unspecified atom stereocenters. The number of amides is 1. The predicted molar refractivity (Wildman–Crippen MR) is 109 cm³/mol. The van der Waals surface area contributed by atoms with Gasteiger partial charge in [-0.2, -0.15) is 0 Å². The summed E-state index contributed by atoms with van der Waals surface area (Å²) in [6.45, 7) is 2.03. The second kappa shape index (κ2) is 9.00. The van der Waals surface area contributed by atoms with Crippen LogP contribution in [0.1, 0.15) is 48.1 Å². The summed E-state index contributed by atoms with van der Waals surface area (Å²) >= 11 is 0. The fourth-order valence-corrected chi connectivity index (χ4v) is 3.82. The Hall–Kier alpha value is -2.69. The summed E-state index contributed by atoms with van der Waals surface area (Å²) in [5.74, 6) is 1.58. The van der Waals surface area contributed by atoms with Crippen LogP contribution in [0.3, 0.4) is 0 Å². The number of carbonyl (C=O) groups is 1. The van der Waals surface area contributed by atoms with Crippen molar-refractivity contribution >= 4 is 5.91 Å². The van der Waals surface area contributed by atoms with Gasteiger partial charge in [-0.25, -0.2) is 0 Å². The van der Waals surface area contributed by atoms with Crippen LogP contribution in [0.4, 0.5) is 0 Å². The summed E-state index contributed by atoms with van der Waals surface area (Å²) in [4.78, 5) is 12.6. The Labute approximate surface area is 167 Å². The minimum atomic E-state index is -0.0421. The zero-order valence-electron chi connectivity index (χ0n) is 17.1. The predicted octanol–water partition coefficient (Wildman–Crippen LogP) is 4.01. The Morgan fingerprint density at radius 1 is 0.964 bits per heavy atom. The molecule has 0 spiro atoms. The molecular weight excluding hydrogens is 354 g/mol. The van der Waals surface area contributed by atoms with Gasteiger partial charge in [0.05, 0.1) is 33.8 Å².